The van der Waals surface area contributed by atoms with Gasteiger partial charge in [0.2, 0.25) is 0 Å². The number of aryl methyl sites for hydroxylation is 1. The molecule has 0 radical (unpaired) electrons. The summed E-state index contributed by atoms with van der Waals surface area (Å²) in [5, 5.41) is 0. The van der Waals surface area contributed by atoms with Crippen LogP contribution >= 0.6 is 0 Å². The van der Waals surface area contributed by atoms with E-state index in [0.29, 0.717) is 0 Å². The summed E-state index contributed by atoms with van der Waals surface area (Å²) in [6.45, 7) is 2.94. The molecule has 1 aromatic carbocycles. The number of fused-ring (bicyclic) bond motifs is 1. The van der Waals surface area contributed by atoms with Crippen LogP contribution in [0.4, 0.5) is 0 Å². The Morgan fingerprint density at radius 3 is 2.93 bits per heavy atom. The lowest BCUT2D eigenvalue weighted by atomic mass is 10.1. The number of nitrogens with zero attached hydrogens (tertiary/aromatic N) is 1. The summed E-state index contributed by atoms with van der Waals surface area (Å²) >= 11 is 0. The standard InChI is InChI=1S/C12H15NO/c1-3-13-12-7-5-9-4-6-10(14-2)8-11(9)12/h4,6,8H,3,5,7H2,1-2H3. The van der Waals surface area contributed by atoms with Crippen molar-refractivity contribution >= 4 is 5.71 Å². The van der Waals surface area contributed by atoms with E-state index in [-0.39, 0.29) is 0 Å². The van der Waals surface area contributed by atoms with Crippen LogP contribution in [0.2, 0.25) is 0 Å². The van der Waals surface area contributed by atoms with Gasteiger partial charge in [0.1, 0.15) is 5.75 Å². The topological polar surface area (TPSA) is 21.6 Å². The Bertz CT molecular complexity index is 369. The molecule has 0 aliphatic heterocycles. The number of benzene rings is 1. The summed E-state index contributed by atoms with van der Waals surface area (Å²) in [6.07, 6.45) is 2.20. The van der Waals surface area contributed by atoms with Gasteiger partial charge < -0.3 is 4.74 Å². The van der Waals surface area contributed by atoms with Gasteiger partial charge in [-0.1, -0.05) is 6.07 Å². The molecule has 2 rings (SSSR count). The van der Waals surface area contributed by atoms with Gasteiger partial charge in [0.15, 0.2) is 0 Å². The highest BCUT2D eigenvalue weighted by molar-refractivity contribution is 6.04. The molecule has 2 heteroatoms. The first-order valence-electron chi connectivity index (χ1n) is 5.05. The van der Waals surface area contributed by atoms with E-state index in [1.807, 2.05) is 6.07 Å². The van der Waals surface area contributed by atoms with E-state index in [1.165, 1.54) is 16.8 Å². The van der Waals surface area contributed by atoms with E-state index < -0.39 is 0 Å². The Kier molecular flexibility index (Phi) is 2.53. The molecule has 1 aliphatic carbocycles. The van der Waals surface area contributed by atoms with E-state index in [4.69, 9.17) is 4.74 Å². The van der Waals surface area contributed by atoms with Crippen molar-refractivity contribution in [2.75, 3.05) is 13.7 Å². The molecule has 0 atom stereocenters. The van der Waals surface area contributed by atoms with Gasteiger partial charge in [0.25, 0.3) is 0 Å². The molecule has 2 nitrogen and oxygen atoms in total. The second kappa shape index (κ2) is 3.82. The summed E-state index contributed by atoms with van der Waals surface area (Å²) in [5.41, 5.74) is 3.92. The quantitative estimate of drug-likeness (QED) is 0.700. The lowest BCUT2D eigenvalue weighted by molar-refractivity contribution is 0.414. The average Bonchev–Trinajstić information content (AvgIpc) is 2.61. The molecule has 0 saturated carbocycles. The Labute approximate surface area is 84.6 Å². The molecular weight excluding hydrogens is 174 g/mol. The Hall–Kier alpha value is -1.31. The molecule has 0 spiro atoms. The minimum absolute atomic E-state index is 0.867. The Morgan fingerprint density at radius 2 is 2.21 bits per heavy atom. The van der Waals surface area contributed by atoms with Crippen molar-refractivity contribution in [3.8, 4) is 5.75 Å². The van der Waals surface area contributed by atoms with Crippen LogP contribution in [0.5, 0.6) is 5.75 Å². The van der Waals surface area contributed by atoms with Gasteiger partial charge in [-0.15, -0.1) is 0 Å². The smallest absolute Gasteiger partial charge is 0.119 e. The molecule has 0 saturated heterocycles. The highest BCUT2D eigenvalue weighted by atomic mass is 16.5. The van der Waals surface area contributed by atoms with Crippen molar-refractivity contribution < 1.29 is 4.74 Å². The van der Waals surface area contributed by atoms with Crippen LogP contribution in [0.25, 0.3) is 0 Å². The number of rotatable bonds is 2. The number of aliphatic imine (C=N–C) groups is 1. The lowest BCUT2D eigenvalue weighted by Gasteiger charge is -2.03. The van der Waals surface area contributed by atoms with Gasteiger partial charge in [-0.05, 0) is 37.5 Å². The molecule has 14 heavy (non-hydrogen) atoms. The first-order valence-corrected chi connectivity index (χ1v) is 5.05. The second-order valence-corrected chi connectivity index (χ2v) is 3.44. The van der Waals surface area contributed by atoms with E-state index in [1.54, 1.807) is 7.11 Å². The summed E-state index contributed by atoms with van der Waals surface area (Å²) in [5.74, 6) is 0.925. The van der Waals surface area contributed by atoms with Gasteiger partial charge in [-0.3, -0.25) is 4.99 Å². The molecule has 0 bridgehead atoms. The number of hydrogen-bond acceptors (Lipinski definition) is 2. The maximum atomic E-state index is 5.21. The van der Waals surface area contributed by atoms with Crippen LogP contribution in [0.15, 0.2) is 23.2 Å². The second-order valence-electron chi connectivity index (χ2n) is 3.44. The van der Waals surface area contributed by atoms with E-state index in [0.717, 1.165) is 25.1 Å². The minimum Gasteiger partial charge on any atom is -0.497 e. The predicted octanol–water partition coefficient (Wildman–Crippen LogP) is 2.45. The van der Waals surface area contributed by atoms with Gasteiger partial charge in [-0.25, -0.2) is 0 Å². The zero-order chi connectivity index (χ0) is 9.97. The number of ether oxygens (including phenoxy) is 1. The molecule has 0 unspecified atom stereocenters. The van der Waals surface area contributed by atoms with E-state index in [2.05, 4.69) is 24.0 Å². The van der Waals surface area contributed by atoms with Crippen molar-refractivity contribution in [3.63, 3.8) is 0 Å². The molecular formula is C12H15NO. The highest BCUT2D eigenvalue weighted by Crippen LogP contribution is 2.26. The summed E-state index contributed by atoms with van der Waals surface area (Å²) in [6, 6.07) is 6.26. The fourth-order valence-electron chi connectivity index (χ4n) is 1.91. The monoisotopic (exact) mass is 189 g/mol. The van der Waals surface area contributed by atoms with Crippen molar-refractivity contribution in [1.82, 2.24) is 0 Å². The Morgan fingerprint density at radius 1 is 1.36 bits per heavy atom. The van der Waals surface area contributed by atoms with Crippen molar-refractivity contribution in [2.45, 2.75) is 19.8 Å². The van der Waals surface area contributed by atoms with E-state index in [9.17, 15) is 0 Å². The van der Waals surface area contributed by atoms with Gasteiger partial charge in [0.05, 0.1) is 7.11 Å². The third kappa shape index (κ3) is 1.52. The third-order valence-corrected chi connectivity index (χ3v) is 2.61. The zero-order valence-corrected chi connectivity index (χ0v) is 8.71. The van der Waals surface area contributed by atoms with Gasteiger partial charge in [0, 0.05) is 17.8 Å². The molecule has 0 heterocycles. The molecule has 1 aromatic rings. The summed E-state index contributed by atoms with van der Waals surface area (Å²) in [7, 11) is 1.70. The van der Waals surface area contributed by atoms with Crippen LogP contribution in [0.1, 0.15) is 24.5 Å². The first-order chi connectivity index (χ1) is 6.85. The fourth-order valence-corrected chi connectivity index (χ4v) is 1.91. The molecule has 0 N–H and O–H groups in total. The number of hydrogen-bond donors (Lipinski definition) is 0. The van der Waals surface area contributed by atoms with Crippen LogP contribution in [0, 0.1) is 0 Å². The zero-order valence-electron chi connectivity index (χ0n) is 8.71. The predicted molar refractivity (Wildman–Crippen MR) is 58.4 cm³/mol. The largest absolute Gasteiger partial charge is 0.497 e. The summed E-state index contributed by atoms with van der Waals surface area (Å²) < 4.78 is 5.21. The van der Waals surface area contributed by atoms with Crippen LogP contribution in [-0.2, 0) is 6.42 Å². The van der Waals surface area contributed by atoms with Gasteiger partial charge >= 0.3 is 0 Å². The molecule has 0 amide bonds. The average molecular weight is 189 g/mol. The van der Waals surface area contributed by atoms with Crippen LogP contribution in [-0.4, -0.2) is 19.4 Å². The van der Waals surface area contributed by atoms with Crippen molar-refractivity contribution in [2.24, 2.45) is 4.99 Å². The van der Waals surface area contributed by atoms with Crippen LogP contribution in [0.3, 0.4) is 0 Å². The van der Waals surface area contributed by atoms with Crippen LogP contribution < -0.4 is 4.74 Å². The van der Waals surface area contributed by atoms with E-state index >= 15 is 0 Å². The molecule has 1 aliphatic rings. The normalized spacial score (nSPS) is 17.1. The molecule has 0 aromatic heterocycles. The van der Waals surface area contributed by atoms with Gasteiger partial charge in [-0.2, -0.15) is 0 Å². The van der Waals surface area contributed by atoms with Crippen molar-refractivity contribution in [3.05, 3.63) is 29.3 Å². The number of methoxy groups -OCH3 is 1. The molecule has 74 valence electrons. The lowest BCUT2D eigenvalue weighted by Crippen LogP contribution is -1.96. The third-order valence-electron chi connectivity index (χ3n) is 2.61. The summed E-state index contributed by atoms with van der Waals surface area (Å²) in [4.78, 5) is 4.50. The first kappa shape index (κ1) is 9.25. The van der Waals surface area contributed by atoms with Crippen molar-refractivity contribution in [1.29, 1.82) is 0 Å². The highest BCUT2D eigenvalue weighted by Gasteiger charge is 2.17. The fraction of sp³-hybridized carbons (Fsp3) is 0.417. The maximum absolute atomic E-state index is 5.21. The maximum Gasteiger partial charge on any atom is 0.119 e. The minimum atomic E-state index is 0.867. The molecule has 0 fully saturated rings. The SMILES string of the molecule is CCN=C1CCc2ccc(OC)cc21. The Balaban J connectivity index is 2.42.